The van der Waals surface area contributed by atoms with Crippen LogP contribution >= 0.6 is 0 Å². The smallest absolute Gasteiger partial charge is 0.257 e. The zero-order valence-corrected chi connectivity index (χ0v) is 15.3. The van der Waals surface area contributed by atoms with Crippen molar-refractivity contribution in [2.75, 3.05) is 57.4 Å². The number of furan rings is 1. The lowest BCUT2D eigenvalue weighted by atomic mass is 10.2. The molecule has 7 nitrogen and oxygen atoms in total. The van der Waals surface area contributed by atoms with Crippen LogP contribution in [-0.4, -0.2) is 73.3 Å². The molecule has 0 radical (unpaired) electrons. The maximum atomic E-state index is 12.8. The molecule has 0 saturated carbocycles. The molecule has 4 rings (SSSR count). The second-order valence-corrected chi connectivity index (χ2v) is 6.99. The van der Waals surface area contributed by atoms with Crippen molar-refractivity contribution in [1.29, 1.82) is 0 Å². The number of morpholine rings is 1. The lowest BCUT2D eigenvalue weighted by molar-refractivity contribution is 0.0313. The third-order valence-corrected chi connectivity index (χ3v) is 5.17. The molecular formula is C20H25N3O4. The van der Waals surface area contributed by atoms with Gasteiger partial charge in [0.15, 0.2) is 0 Å². The number of piperazine rings is 1. The molecule has 1 aromatic heterocycles. The van der Waals surface area contributed by atoms with E-state index in [4.69, 9.17) is 9.15 Å². The molecule has 0 atom stereocenters. The number of carbonyl (C=O) groups is 1. The lowest BCUT2D eigenvalue weighted by Gasteiger charge is -2.36. The Morgan fingerprint density at radius 1 is 1.00 bits per heavy atom. The van der Waals surface area contributed by atoms with Crippen molar-refractivity contribution >= 4 is 11.6 Å². The summed E-state index contributed by atoms with van der Waals surface area (Å²) in [7, 11) is 0. The van der Waals surface area contributed by atoms with Crippen LogP contribution in [0, 0.1) is 0 Å². The molecule has 1 N–H and O–H groups in total. The minimum atomic E-state index is 0.0253. The van der Waals surface area contributed by atoms with Gasteiger partial charge in [0, 0.05) is 45.0 Å². The van der Waals surface area contributed by atoms with Crippen molar-refractivity contribution in [1.82, 2.24) is 9.80 Å². The van der Waals surface area contributed by atoms with Crippen LogP contribution in [0.5, 0.6) is 5.75 Å². The van der Waals surface area contributed by atoms with Gasteiger partial charge >= 0.3 is 0 Å². The van der Waals surface area contributed by atoms with Crippen LogP contribution in [0.1, 0.15) is 16.1 Å². The summed E-state index contributed by atoms with van der Waals surface area (Å²) in [6.45, 7) is 6.88. The fourth-order valence-electron chi connectivity index (χ4n) is 3.57. The molecule has 2 aromatic rings. The highest BCUT2D eigenvalue weighted by Crippen LogP contribution is 2.21. The fraction of sp³-hybridized carbons (Fsp3) is 0.450. The first-order valence-corrected chi connectivity index (χ1v) is 9.40. The molecule has 2 aliphatic rings. The summed E-state index contributed by atoms with van der Waals surface area (Å²) >= 11 is 0. The minimum absolute atomic E-state index is 0.0253. The standard InChI is InChI=1S/C20H25N3O4/c24-18-3-1-17(2-4-18)22-5-7-23(8-6-22)20(25)16-13-19(27-15-16)14-21-9-11-26-12-10-21/h1-4,13,15,24H,5-12,14H2. The van der Waals surface area contributed by atoms with Gasteiger partial charge in [0.1, 0.15) is 17.8 Å². The van der Waals surface area contributed by atoms with Gasteiger partial charge in [-0.15, -0.1) is 0 Å². The number of hydrogen-bond acceptors (Lipinski definition) is 6. The van der Waals surface area contributed by atoms with Gasteiger partial charge in [0.25, 0.3) is 5.91 Å². The number of ether oxygens (including phenoxy) is 1. The topological polar surface area (TPSA) is 69.4 Å². The number of benzene rings is 1. The molecule has 0 unspecified atom stereocenters. The highest BCUT2D eigenvalue weighted by atomic mass is 16.5. The molecular weight excluding hydrogens is 346 g/mol. The summed E-state index contributed by atoms with van der Waals surface area (Å²) < 4.78 is 11.0. The average molecular weight is 371 g/mol. The normalized spacial score (nSPS) is 18.7. The Kier molecular flexibility index (Phi) is 5.31. The van der Waals surface area contributed by atoms with Crippen LogP contribution in [0.15, 0.2) is 41.0 Å². The number of phenolic OH excluding ortho intramolecular Hbond substituents is 1. The summed E-state index contributed by atoms with van der Waals surface area (Å²) in [5.74, 6) is 1.11. The second kappa shape index (κ2) is 8.02. The van der Waals surface area contributed by atoms with Crippen molar-refractivity contribution in [3.63, 3.8) is 0 Å². The van der Waals surface area contributed by atoms with Gasteiger partial charge in [-0.05, 0) is 30.3 Å². The second-order valence-electron chi connectivity index (χ2n) is 6.99. The van der Waals surface area contributed by atoms with Gasteiger partial charge < -0.3 is 24.1 Å². The Hall–Kier alpha value is -2.51. The largest absolute Gasteiger partial charge is 0.508 e. The predicted octanol–water partition coefficient (Wildman–Crippen LogP) is 1.78. The summed E-state index contributed by atoms with van der Waals surface area (Å²) in [6.07, 6.45) is 1.57. The van der Waals surface area contributed by atoms with E-state index in [1.165, 1.54) is 0 Å². The van der Waals surface area contributed by atoms with Gasteiger partial charge in [0.05, 0.1) is 25.3 Å². The van der Waals surface area contributed by atoms with Gasteiger partial charge in [-0.3, -0.25) is 9.69 Å². The van der Waals surface area contributed by atoms with Crippen LogP contribution in [0.4, 0.5) is 5.69 Å². The molecule has 2 aliphatic heterocycles. The van der Waals surface area contributed by atoms with Crippen LogP contribution in [0.25, 0.3) is 0 Å². The maximum absolute atomic E-state index is 12.8. The number of anilines is 1. The Balaban J connectivity index is 1.32. The van der Waals surface area contributed by atoms with Crippen molar-refractivity contribution in [2.24, 2.45) is 0 Å². The molecule has 0 bridgehead atoms. The van der Waals surface area contributed by atoms with E-state index in [1.807, 2.05) is 23.1 Å². The predicted molar refractivity (Wildman–Crippen MR) is 101 cm³/mol. The highest BCUT2D eigenvalue weighted by molar-refractivity contribution is 5.94. The average Bonchev–Trinajstić information content (AvgIpc) is 3.17. The summed E-state index contributed by atoms with van der Waals surface area (Å²) in [5.41, 5.74) is 1.69. The van der Waals surface area contributed by atoms with Crippen molar-refractivity contribution < 1.29 is 19.1 Å². The zero-order chi connectivity index (χ0) is 18.6. The highest BCUT2D eigenvalue weighted by Gasteiger charge is 2.24. The molecule has 1 aromatic carbocycles. The number of phenols is 1. The van der Waals surface area contributed by atoms with Crippen LogP contribution in [-0.2, 0) is 11.3 Å². The van der Waals surface area contributed by atoms with E-state index in [1.54, 1.807) is 18.4 Å². The van der Waals surface area contributed by atoms with E-state index < -0.39 is 0 Å². The molecule has 7 heteroatoms. The number of hydrogen-bond donors (Lipinski definition) is 1. The maximum Gasteiger partial charge on any atom is 0.257 e. The zero-order valence-electron chi connectivity index (χ0n) is 15.3. The van der Waals surface area contributed by atoms with Gasteiger partial charge in [-0.1, -0.05) is 0 Å². The van der Waals surface area contributed by atoms with Gasteiger partial charge in [0.2, 0.25) is 0 Å². The van der Waals surface area contributed by atoms with Crippen molar-refractivity contribution in [2.45, 2.75) is 6.54 Å². The SMILES string of the molecule is O=C(c1coc(CN2CCOCC2)c1)N1CCN(c2ccc(O)cc2)CC1. The van der Waals surface area contributed by atoms with E-state index in [0.717, 1.165) is 50.8 Å². The number of aromatic hydroxyl groups is 1. The quantitative estimate of drug-likeness (QED) is 0.884. The van der Waals surface area contributed by atoms with Crippen LogP contribution in [0.2, 0.25) is 0 Å². The monoisotopic (exact) mass is 371 g/mol. The first kappa shape index (κ1) is 17.9. The summed E-state index contributed by atoms with van der Waals surface area (Å²) in [6, 6.07) is 9.05. The third kappa shape index (κ3) is 4.26. The molecule has 1 amide bonds. The van der Waals surface area contributed by atoms with Crippen molar-refractivity contribution in [3.05, 3.63) is 47.9 Å². The van der Waals surface area contributed by atoms with Crippen LogP contribution in [0.3, 0.4) is 0 Å². The van der Waals surface area contributed by atoms with Crippen molar-refractivity contribution in [3.8, 4) is 5.75 Å². The molecule has 0 aliphatic carbocycles. The van der Waals surface area contributed by atoms with E-state index in [-0.39, 0.29) is 11.7 Å². The fourth-order valence-corrected chi connectivity index (χ4v) is 3.57. The molecule has 2 fully saturated rings. The Bertz CT molecular complexity index is 760. The lowest BCUT2D eigenvalue weighted by Crippen LogP contribution is -2.48. The number of nitrogens with zero attached hydrogens (tertiary/aromatic N) is 3. The molecule has 3 heterocycles. The number of rotatable bonds is 4. The van der Waals surface area contributed by atoms with Gasteiger partial charge in [-0.2, -0.15) is 0 Å². The molecule has 27 heavy (non-hydrogen) atoms. The van der Waals surface area contributed by atoms with Crippen LogP contribution < -0.4 is 4.90 Å². The molecule has 144 valence electrons. The molecule has 0 spiro atoms. The van der Waals surface area contributed by atoms with E-state index in [2.05, 4.69) is 9.80 Å². The number of carbonyl (C=O) groups excluding carboxylic acids is 1. The minimum Gasteiger partial charge on any atom is -0.508 e. The Morgan fingerprint density at radius 3 is 2.41 bits per heavy atom. The van der Waals surface area contributed by atoms with Gasteiger partial charge in [-0.25, -0.2) is 0 Å². The number of amides is 1. The summed E-state index contributed by atoms with van der Waals surface area (Å²) in [5, 5.41) is 9.41. The summed E-state index contributed by atoms with van der Waals surface area (Å²) in [4.78, 5) is 19.1. The Labute approximate surface area is 158 Å². The third-order valence-electron chi connectivity index (χ3n) is 5.17. The first-order valence-electron chi connectivity index (χ1n) is 9.40. The van der Waals surface area contributed by atoms with E-state index in [0.29, 0.717) is 25.2 Å². The first-order chi connectivity index (χ1) is 13.2. The van der Waals surface area contributed by atoms with E-state index >= 15 is 0 Å². The molecule has 2 saturated heterocycles. The Morgan fingerprint density at radius 2 is 1.70 bits per heavy atom. The van der Waals surface area contributed by atoms with E-state index in [9.17, 15) is 9.90 Å².